The van der Waals surface area contributed by atoms with Gasteiger partial charge in [-0.05, 0) is 29.7 Å². The minimum absolute atomic E-state index is 0.313. The Hall–Kier alpha value is -2.69. The van der Waals surface area contributed by atoms with Crippen molar-refractivity contribution in [2.75, 3.05) is 27.4 Å². The summed E-state index contributed by atoms with van der Waals surface area (Å²) in [5.74, 6) is 2.54. The number of guanidine groups is 1. The van der Waals surface area contributed by atoms with E-state index in [0.29, 0.717) is 6.79 Å². The number of ether oxygens (including phenoxy) is 2. The van der Waals surface area contributed by atoms with Crippen molar-refractivity contribution in [2.24, 2.45) is 4.99 Å². The predicted octanol–water partition coefficient (Wildman–Crippen LogP) is 2.67. The molecule has 1 aliphatic heterocycles. The minimum atomic E-state index is 0.313. The Morgan fingerprint density at radius 2 is 1.88 bits per heavy atom. The highest BCUT2D eigenvalue weighted by Gasteiger charge is 2.13. The fourth-order valence-corrected chi connectivity index (χ4v) is 2.73. The molecule has 0 saturated heterocycles. The Balaban J connectivity index is 1.51. The molecule has 3 rings (SSSR count). The van der Waals surface area contributed by atoms with E-state index in [2.05, 4.69) is 45.5 Å². The van der Waals surface area contributed by atoms with Crippen LogP contribution >= 0.6 is 0 Å². The molecule has 1 N–H and O–H groups in total. The molecule has 1 aliphatic rings. The average molecular weight is 325 g/mol. The third kappa shape index (κ3) is 3.98. The van der Waals surface area contributed by atoms with Gasteiger partial charge in [-0.1, -0.05) is 36.4 Å². The maximum Gasteiger partial charge on any atom is 0.231 e. The normalized spacial score (nSPS) is 13.0. The van der Waals surface area contributed by atoms with Crippen LogP contribution in [0.25, 0.3) is 0 Å². The molecule has 24 heavy (non-hydrogen) atoms. The lowest BCUT2D eigenvalue weighted by atomic mass is 10.1. The molecule has 1 heterocycles. The van der Waals surface area contributed by atoms with Gasteiger partial charge in [-0.15, -0.1) is 0 Å². The molecule has 0 atom stereocenters. The highest BCUT2D eigenvalue weighted by molar-refractivity contribution is 5.79. The van der Waals surface area contributed by atoms with Crippen LogP contribution in [0.5, 0.6) is 11.5 Å². The largest absolute Gasteiger partial charge is 0.454 e. The maximum absolute atomic E-state index is 5.42. The maximum atomic E-state index is 5.42. The Morgan fingerprint density at radius 1 is 1.08 bits per heavy atom. The molecule has 126 valence electrons. The third-order valence-corrected chi connectivity index (χ3v) is 3.97. The van der Waals surface area contributed by atoms with Crippen LogP contribution in [0.2, 0.25) is 0 Å². The van der Waals surface area contributed by atoms with Crippen LogP contribution in [0, 0.1) is 0 Å². The first-order chi connectivity index (χ1) is 11.8. The second-order valence-electron chi connectivity index (χ2n) is 5.75. The molecule has 0 spiro atoms. The molecule has 0 amide bonds. The Morgan fingerprint density at radius 3 is 2.67 bits per heavy atom. The van der Waals surface area contributed by atoms with Gasteiger partial charge in [0.2, 0.25) is 6.79 Å². The Bertz CT molecular complexity index is 701. The summed E-state index contributed by atoms with van der Waals surface area (Å²) >= 11 is 0. The van der Waals surface area contributed by atoms with E-state index >= 15 is 0 Å². The topological polar surface area (TPSA) is 46.1 Å². The summed E-state index contributed by atoms with van der Waals surface area (Å²) in [6, 6.07) is 16.5. The molecular weight excluding hydrogens is 302 g/mol. The molecule has 5 heteroatoms. The fourth-order valence-electron chi connectivity index (χ4n) is 2.73. The van der Waals surface area contributed by atoms with Crippen LogP contribution in [-0.4, -0.2) is 38.3 Å². The molecule has 0 aromatic heterocycles. The van der Waals surface area contributed by atoms with Crippen LogP contribution in [-0.2, 0) is 13.0 Å². The zero-order chi connectivity index (χ0) is 16.8. The lowest BCUT2D eigenvalue weighted by Crippen LogP contribution is -2.39. The smallest absolute Gasteiger partial charge is 0.231 e. The van der Waals surface area contributed by atoms with Gasteiger partial charge < -0.3 is 19.7 Å². The van der Waals surface area contributed by atoms with Crippen molar-refractivity contribution in [3.8, 4) is 11.5 Å². The molecule has 0 fully saturated rings. The number of benzene rings is 2. The standard InChI is InChI=1S/C19H23N3O2/c1-20-19(22(2)13-16-6-4-3-5-7-16)21-11-10-15-8-9-17-18(12-15)24-14-23-17/h3-9,12H,10-11,13-14H2,1-2H3,(H,20,21). The van der Waals surface area contributed by atoms with Crippen molar-refractivity contribution in [1.29, 1.82) is 0 Å². The summed E-state index contributed by atoms with van der Waals surface area (Å²) in [7, 11) is 3.85. The first-order valence-electron chi connectivity index (χ1n) is 8.10. The third-order valence-electron chi connectivity index (χ3n) is 3.97. The van der Waals surface area contributed by atoms with Gasteiger partial charge in [0.25, 0.3) is 0 Å². The SMILES string of the molecule is CN=C(NCCc1ccc2c(c1)OCO2)N(C)Cc1ccccc1. The average Bonchev–Trinajstić information content (AvgIpc) is 3.07. The van der Waals surface area contributed by atoms with E-state index in [-0.39, 0.29) is 0 Å². The monoisotopic (exact) mass is 325 g/mol. The van der Waals surface area contributed by atoms with E-state index in [1.54, 1.807) is 0 Å². The van der Waals surface area contributed by atoms with E-state index in [9.17, 15) is 0 Å². The number of hydrogen-bond acceptors (Lipinski definition) is 3. The van der Waals surface area contributed by atoms with Crippen molar-refractivity contribution in [2.45, 2.75) is 13.0 Å². The second kappa shape index (κ2) is 7.73. The molecule has 0 saturated carbocycles. The lowest BCUT2D eigenvalue weighted by molar-refractivity contribution is 0.174. The first kappa shape index (κ1) is 16.2. The molecule has 0 radical (unpaired) electrons. The summed E-state index contributed by atoms with van der Waals surface area (Å²) in [5, 5.41) is 3.41. The molecule has 0 unspecified atom stereocenters. The van der Waals surface area contributed by atoms with Crippen LogP contribution < -0.4 is 14.8 Å². The molecule has 0 aliphatic carbocycles. The number of fused-ring (bicyclic) bond motifs is 1. The highest BCUT2D eigenvalue weighted by atomic mass is 16.7. The first-order valence-corrected chi connectivity index (χ1v) is 8.10. The quantitative estimate of drug-likeness (QED) is 0.678. The molecule has 5 nitrogen and oxygen atoms in total. The fraction of sp³-hybridized carbons (Fsp3) is 0.316. The Kier molecular flexibility index (Phi) is 5.21. The van der Waals surface area contributed by atoms with E-state index in [4.69, 9.17) is 9.47 Å². The van der Waals surface area contributed by atoms with Gasteiger partial charge >= 0.3 is 0 Å². The van der Waals surface area contributed by atoms with Gasteiger partial charge in [0.15, 0.2) is 17.5 Å². The van der Waals surface area contributed by atoms with Crippen LogP contribution in [0.3, 0.4) is 0 Å². The Labute approximate surface area is 142 Å². The van der Waals surface area contributed by atoms with Gasteiger partial charge in [0, 0.05) is 27.2 Å². The second-order valence-corrected chi connectivity index (χ2v) is 5.75. The van der Waals surface area contributed by atoms with Gasteiger partial charge in [-0.25, -0.2) is 0 Å². The van der Waals surface area contributed by atoms with E-state index in [1.165, 1.54) is 11.1 Å². The van der Waals surface area contributed by atoms with Crippen LogP contribution in [0.15, 0.2) is 53.5 Å². The molecular formula is C19H23N3O2. The zero-order valence-corrected chi connectivity index (χ0v) is 14.2. The number of nitrogens with zero attached hydrogens (tertiary/aromatic N) is 2. The van der Waals surface area contributed by atoms with Gasteiger partial charge in [0.05, 0.1) is 0 Å². The summed E-state index contributed by atoms with van der Waals surface area (Å²) in [6.07, 6.45) is 0.898. The van der Waals surface area contributed by atoms with Crippen molar-refractivity contribution >= 4 is 5.96 Å². The number of aliphatic imine (C=N–C) groups is 1. The van der Waals surface area contributed by atoms with E-state index < -0.39 is 0 Å². The van der Waals surface area contributed by atoms with E-state index in [0.717, 1.165) is 37.0 Å². The highest BCUT2D eigenvalue weighted by Crippen LogP contribution is 2.32. The summed E-state index contributed by atoms with van der Waals surface area (Å²) in [6.45, 7) is 1.95. The van der Waals surface area contributed by atoms with Crippen molar-refractivity contribution < 1.29 is 9.47 Å². The summed E-state index contributed by atoms with van der Waals surface area (Å²) < 4.78 is 10.8. The number of nitrogens with one attached hydrogen (secondary N) is 1. The molecule has 2 aromatic rings. The van der Waals surface area contributed by atoms with E-state index in [1.807, 2.05) is 32.3 Å². The van der Waals surface area contributed by atoms with Gasteiger partial charge in [-0.2, -0.15) is 0 Å². The number of rotatable bonds is 5. The predicted molar refractivity (Wildman–Crippen MR) is 95.5 cm³/mol. The summed E-state index contributed by atoms with van der Waals surface area (Å²) in [5.41, 5.74) is 2.48. The van der Waals surface area contributed by atoms with Crippen molar-refractivity contribution in [3.05, 3.63) is 59.7 Å². The lowest BCUT2D eigenvalue weighted by Gasteiger charge is -2.22. The molecule has 2 aromatic carbocycles. The van der Waals surface area contributed by atoms with Crippen molar-refractivity contribution in [3.63, 3.8) is 0 Å². The van der Waals surface area contributed by atoms with Gasteiger partial charge in [0.1, 0.15) is 0 Å². The van der Waals surface area contributed by atoms with Crippen LogP contribution in [0.1, 0.15) is 11.1 Å². The summed E-state index contributed by atoms with van der Waals surface area (Å²) in [4.78, 5) is 6.48. The molecule has 0 bridgehead atoms. The minimum Gasteiger partial charge on any atom is -0.454 e. The van der Waals surface area contributed by atoms with Gasteiger partial charge in [-0.3, -0.25) is 4.99 Å². The van der Waals surface area contributed by atoms with Crippen LogP contribution in [0.4, 0.5) is 0 Å². The van der Waals surface area contributed by atoms with Crippen molar-refractivity contribution in [1.82, 2.24) is 10.2 Å². The number of hydrogen-bond donors (Lipinski definition) is 1. The zero-order valence-electron chi connectivity index (χ0n) is 14.2.